The first-order valence-electron chi connectivity index (χ1n) is 3.58. The van der Waals surface area contributed by atoms with Crippen molar-refractivity contribution >= 4 is 12.0 Å². The van der Waals surface area contributed by atoms with Crippen LogP contribution in [0.1, 0.15) is 0 Å². The lowest BCUT2D eigenvalue weighted by atomic mass is 10.2. The van der Waals surface area contributed by atoms with E-state index in [4.69, 9.17) is 9.47 Å². The van der Waals surface area contributed by atoms with Crippen LogP contribution in [-0.2, 0) is 14.3 Å². The molecular formula is C8H7NO3. The predicted molar refractivity (Wildman–Crippen MR) is 41.5 cm³/mol. The largest absolute Gasteiger partial charge is 0.485 e. The van der Waals surface area contributed by atoms with Crippen LogP contribution in [0.5, 0.6) is 0 Å². The molecule has 0 aliphatic carbocycles. The molecule has 12 heavy (non-hydrogen) atoms. The fourth-order valence-electron chi connectivity index (χ4n) is 1.09. The molecule has 0 spiro atoms. The first-order valence-corrected chi connectivity index (χ1v) is 3.58. The van der Waals surface area contributed by atoms with Gasteiger partial charge >= 0.3 is 0 Å². The number of aldehydes is 1. The zero-order valence-electron chi connectivity index (χ0n) is 6.27. The number of aliphatic imine (C=N–C) groups is 1. The SMILES string of the molecule is O=CC1=NCC2OC=COC2=C1. The minimum atomic E-state index is -0.154. The Balaban J connectivity index is 2.24. The summed E-state index contributed by atoms with van der Waals surface area (Å²) < 4.78 is 10.3. The van der Waals surface area contributed by atoms with Crippen molar-refractivity contribution in [2.24, 2.45) is 4.99 Å². The van der Waals surface area contributed by atoms with Crippen molar-refractivity contribution in [3.63, 3.8) is 0 Å². The first kappa shape index (κ1) is 7.09. The van der Waals surface area contributed by atoms with Gasteiger partial charge in [-0.15, -0.1) is 0 Å². The molecule has 2 rings (SSSR count). The fourth-order valence-corrected chi connectivity index (χ4v) is 1.09. The van der Waals surface area contributed by atoms with Gasteiger partial charge in [-0.05, 0) is 0 Å². The van der Waals surface area contributed by atoms with E-state index < -0.39 is 0 Å². The van der Waals surface area contributed by atoms with Crippen LogP contribution in [0, 0.1) is 0 Å². The number of carbonyl (C=O) groups is 1. The number of rotatable bonds is 1. The molecule has 0 radical (unpaired) electrons. The van der Waals surface area contributed by atoms with Gasteiger partial charge in [0.15, 0.2) is 12.4 Å². The van der Waals surface area contributed by atoms with Gasteiger partial charge in [0.1, 0.15) is 24.0 Å². The number of carbonyl (C=O) groups excluding carboxylic acids is 1. The molecule has 4 heteroatoms. The third-order valence-electron chi connectivity index (χ3n) is 1.67. The number of ether oxygens (including phenoxy) is 2. The maximum Gasteiger partial charge on any atom is 0.175 e. The Kier molecular flexibility index (Phi) is 1.66. The number of hydrogen-bond acceptors (Lipinski definition) is 4. The average molecular weight is 165 g/mol. The molecule has 2 aliphatic rings. The second kappa shape index (κ2) is 2.81. The quantitative estimate of drug-likeness (QED) is 0.529. The third kappa shape index (κ3) is 1.11. The van der Waals surface area contributed by atoms with Gasteiger partial charge in [0.05, 0.1) is 6.54 Å². The van der Waals surface area contributed by atoms with Gasteiger partial charge in [-0.25, -0.2) is 0 Å². The van der Waals surface area contributed by atoms with Gasteiger partial charge < -0.3 is 9.47 Å². The molecule has 2 aliphatic heterocycles. The predicted octanol–water partition coefficient (Wildman–Crippen LogP) is 0.410. The number of nitrogens with zero attached hydrogens (tertiary/aromatic N) is 1. The number of allylic oxidation sites excluding steroid dienone is 1. The molecule has 2 heterocycles. The van der Waals surface area contributed by atoms with Crippen molar-refractivity contribution < 1.29 is 14.3 Å². The van der Waals surface area contributed by atoms with Crippen molar-refractivity contribution in [3.05, 3.63) is 24.4 Å². The van der Waals surface area contributed by atoms with Crippen LogP contribution in [0.4, 0.5) is 0 Å². The topological polar surface area (TPSA) is 47.9 Å². The monoisotopic (exact) mass is 165 g/mol. The van der Waals surface area contributed by atoms with E-state index in [-0.39, 0.29) is 6.10 Å². The highest BCUT2D eigenvalue weighted by molar-refractivity contribution is 6.34. The lowest BCUT2D eigenvalue weighted by Crippen LogP contribution is -2.26. The van der Waals surface area contributed by atoms with Crippen LogP contribution in [-0.4, -0.2) is 24.6 Å². The van der Waals surface area contributed by atoms with Crippen LogP contribution in [0.15, 0.2) is 29.4 Å². The Morgan fingerprint density at radius 1 is 1.58 bits per heavy atom. The molecule has 0 aromatic heterocycles. The second-order valence-corrected chi connectivity index (χ2v) is 2.44. The van der Waals surface area contributed by atoms with E-state index in [2.05, 4.69) is 4.99 Å². The fraction of sp³-hybridized carbons (Fsp3) is 0.250. The lowest BCUT2D eigenvalue weighted by molar-refractivity contribution is -0.102. The Morgan fingerprint density at radius 3 is 3.33 bits per heavy atom. The highest BCUT2D eigenvalue weighted by Gasteiger charge is 2.22. The summed E-state index contributed by atoms with van der Waals surface area (Å²) in [4.78, 5) is 14.3. The second-order valence-electron chi connectivity index (χ2n) is 2.44. The molecule has 0 fully saturated rings. The summed E-state index contributed by atoms with van der Waals surface area (Å²) in [5.74, 6) is 0.648. The Hall–Kier alpha value is -1.58. The van der Waals surface area contributed by atoms with Gasteiger partial charge in [0.2, 0.25) is 0 Å². The van der Waals surface area contributed by atoms with E-state index >= 15 is 0 Å². The molecule has 0 bridgehead atoms. The smallest absolute Gasteiger partial charge is 0.175 e. The van der Waals surface area contributed by atoms with Crippen LogP contribution in [0.25, 0.3) is 0 Å². The summed E-state index contributed by atoms with van der Waals surface area (Å²) in [6.45, 7) is 0.449. The van der Waals surface area contributed by atoms with Crippen LogP contribution < -0.4 is 0 Å². The summed E-state index contributed by atoms with van der Waals surface area (Å²) in [7, 11) is 0. The summed E-state index contributed by atoms with van der Waals surface area (Å²) in [6, 6.07) is 0. The highest BCUT2D eigenvalue weighted by Crippen LogP contribution is 2.18. The van der Waals surface area contributed by atoms with E-state index in [0.717, 1.165) is 0 Å². The zero-order chi connectivity index (χ0) is 8.39. The summed E-state index contributed by atoms with van der Waals surface area (Å²) in [5, 5.41) is 0. The molecule has 0 aromatic carbocycles. The van der Waals surface area contributed by atoms with Gasteiger partial charge in [-0.3, -0.25) is 9.79 Å². The summed E-state index contributed by atoms with van der Waals surface area (Å²) in [6.07, 6.45) is 5.05. The maximum absolute atomic E-state index is 10.3. The van der Waals surface area contributed by atoms with E-state index in [1.165, 1.54) is 12.5 Å². The standard InChI is InChI=1S/C8H7NO3/c10-5-6-3-7-8(4-9-6)12-2-1-11-7/h1-3,5,8H,4H2. The van der Waals surface area contributed by atoms with E-state index in [0.29, 0.717) is 24.3 Å². The van der Waals surface area contributed by atoms with Gasteiger partial charge in [-0.2, -0.15) is 0 Å². The summed E-state index contributed by atoms with van der Waals surface area (Å²) >= 11 is 0. The number of hydrogen-bond donors (Lipinski definition) is 0. The van der Waals surface area contributed by atoms with Crippen molar-refractivity contribution in [2.45, 2.75) is 6.10 Å². The Labute approximate surface area is 69.2 Å². The van der Waals surface area contributed by atoms with Crippen LogP contribution in [0.3, 0.4) is 0 Å². The minimum Gasteiger partial charge on any atom is -0.485 e. The third-order valence-corrected chi connectivity index (χ3v) is 1.67. The zero-order valence-corrected chi connectivity index (χ0v) is 6.27. The first-order chi connectivity index (χ1) is 5.90. The molecule has 0 aromatic rings. The van der Waals surface area contributed by atoms with Crippen LogP contribution in [0.2, 0.25) is 0 Å². The highest BCUT2D eigenvalue weighted by atomic mass is 16.6. The van der Waals surface area contributed by atoms with E-state index in [1.54, 1.807) is 6.08 Å². The van der Waals surface area contributed by atoms with Crippen molar-refractivity contribution in [2.75, 3.05) is 6.54 Å². The van der Waals surface area contributed by atoms with Crippen LogP contribution >= 0.6 is 0 Å². The molecule has 4 nitrogen and oxygen atoms in total. The number of fused-ring (bicyclic) bond motifs is 1. The Morgan fingerprint density at radius 2 is 2.50 bits per heavy atom. The van der Waals surface area contributed by atoms with Crippen molar-refractivity contribution in [1.29, 1.82) is 0 Å². The lowest BCUT2D eigenvalue weighted by Gasteiger charge is -2.23. The number of dihydropyridines is 1. The molecular weight excluding hydrogens is 158 g/mol. The molecule has 62 valence electrons. The maximum atomic E-state index is 10.3. The normalized spacial score (nSPS) is 25.8. The summed E-state index contributed by atoms with van der Waals surface area (Å²) in [5.41, 5.74) is 0.403. The van der Waals surface area contributed by atoms with Gasteiger partial charge in [-0.1, -0.05) is 0 Å². The van der Waals surface area contributed by atoms with E-state index in [1.807, 2.05) is 0 Å². The average Bonchev–Trinajstić information content (AvgIpc) is 2.17. The molecule has 1 atom stereocenters. The van der Waals surface area contributed by atoms with Crippen molar-refractivity contribution in [1.82, 2.24) is 0 Å². The molecule has 1 unspecified atom stereocenters. The molecule has 0 saturated carbocycles. The molecule has 0 N–H and O–H groups in total. The minimum absolute atomic E-state index is 0.154. The molecule has 0 saturated heterocycles. The van der Waals surface area contributed by atoms with E-state index in [9.17, 15) is 4.79 Å². The Bertz CT molecular complexity index is 291. The van der Waals surface area contributed by atoms with Crippen molar-refractivity contribution in [3.8, 4) is 0 Å². The molecule has 0 amide bonds. The van der Waals surface area contributed by atoms with Gasteiger partial charge in [0.25, 0.3) is 0 Å². The van der Waals surface area contributed by atoms with Gasteiger partial charge in [0, 0.05) is 6.08 Å².